The number of anilines is 2. The maximum Gasteiger partial charge on any atom is 0.269 e. The molecule has 0 saturated heterocycles. The van der Waals surface area contributed by atoms with Crippen molar-refractivity contribution in [3.8, 4) is 6.07 Å². The molecule has 1 aromatic heterocycles. The van der Waals surface area contributed by atoms with Gasteiger partial charge < -0.3 is 10.6 Å². The number of hydrogen-bond acceptors (Lipinski definition) is 4. The van der Waals surface area contributed by atoms with Crippen LogP contribution in [0.1, 0.15) is 21.6 Å². The van der Waals surface area contributed by atoms with Gasteiger partial charge >= 0.3 is 0 Å². The second-order valence-electron chi connectivity index (χ2n) is 5.89. The van der Waals surface area contributed by atoms with Crippen molar-refractivity contribution in [3.63, 3.8) is 0 Å². The molecule has 0 aliphatic carbocycles. The van der Waals surface area contributed by atoms with Gasteiger partial charge in [0.05, 0.1) is 23.5 Å². The van der Waals surface area contributed by atoms with E-state index in [4.69, 9.17) is 16.9 Å². The van der Waals surface area contributed by atoms with Gasteiger partial charge in [0.25, 0.3) is 5.91 Å². The van der Waals surface area contributed by atoms with Crippen molar-refractivity contribution < 1.29 is 4.79 Å². The molecule has 6 heteroatoms. The van der Waals surface area contributed by atoms with Crippen molar-refractivity contribution in [1.29, 1.82) is 5.26 Å². The molecule has 0 unspecified atom stereocenters. The first-order chi connectivity index (χ1) is 13.1. The molecule has 1 heterocycles. The van der Waals surface area contributed by atoms with Crippen LogP contribution in [0, 0.1) is 11.3 Å². The van der Waals surface area contributed by atoms with Crippen molar-refractivity contribution in [2.75, 3.05) is 11.9 Å². The van der Waals surface area contributed by atoms with Crippen LogP contribution < -0.4 is 10.6 Å². The minimum Gasteiger partial charge on any atom is -0.354 e. The molecule has 0 radical (unpaired) electrons. The van der Waals surface area contributed by atoms with Crippen molar-refractivity contribution in [3.05, 3.63) is 88.7 Å². The molecule has 5 nitrogen and oxygen atoms in total. The Morgan fingerprint density at radius 3 is 2.67 bits per heavy atom. The van der Waals surface area contributed by atoms with Gasteiger partial charge in [-0.15, -0.1) is 0 Å². The van der Waals surface area contributed by atoms with E-state index in [-0.39, 0.29) is 5.91 Å². The Bertz CT molecular complexity index is 980. The van der Waals surface area contributed by atoms with E-state index in [0.29, 0.717) is 29.2 Å². The zero-order valence-corrected chi connectivity index (χ0v) is 15.2. The summed E-state index contributed by atoms with van der Waals surface area (Å²) < 4.78 is 0. The maximum absolute atomic E-state index is 12.2. The average molecular weight is 377 g/mol. The molecule has 134 valence electrons. The number of nitrogens with one attached hydrogen (secondary N) is 2. The molecule has 0 spiro atoms. The highest BCUT2D eigenvalue weighted by Crippen LogP contribution is 2.17. The number of rotatable bonds is 6. The number of nitriles is 1. The third kappa shape index (κ3) is 5.30. The topological polar surface area (TPSA) is 77.8 Å². The fourth-order valence-corrected chi connectivity index (χ4v) is 2.75. The Morgan fingerprint density at radius 2 is 1.93 bits per heavy atom. The fourth-order valence-electron chi connectivity index (χ4n) is 2.54. The summed E-state index contributed by atoms with van der Waals surface area (Å²) >= 11 is 5.95. The first-order valence-corrected chi connectivity index (χ1v) is 8.78. The van der Waals surface area contributed by atoms with Gasteiger partial charge in [-0.1, -0.05) is 29.8 Å². The van der Waals surface area contributed by atoms with Gasteiger partial charge in [0.2, 0.25) is 0 Å². The predicted molar refractivity (Wildman–Crippen MR) is 106 cm³/mol. The third-order valence-corrected chi connectivity index (χ3v) is 4.10. The number of pyridine rings is 1. The van der Waals surface area contributed by atoms with Gasteiger partial charge in [0.1, 0.15) is 5.69 Å². The van der Waals surface area contributed by atoms with Gasteiger partial charge in [-0.3, -0.25) is 4.79 Å². The minimum atomic E-state index is -0.227. The number of aromatic nitrogens is 1. The standard InChI is InChI=1S/C21H17ClN4O/c22-17-5-1-3-15(11-17)9-10-24-21(27)20-8-7-19(14-25-20)26-18-6-2-4-16(12-18)13-23/h1-8,11-12,14,26H,9-10H2,(H,24,27). The Balaban J connectivity index is 1.54. The van der Waals surface area contributed by atoms with E-state index >= 15 is 0 Å². The van der Waals surface area contributed by atoms with Crippen LogP contribution in [0.4, 0.5) is 11.4 Å². The Morgan fingerprint density at radius 1 is 1.07 bits per heavy atom. The number of halogens is 1. The zero-order valence-electron chi connectivity index (χ0n) is 14.4. The van der Waals surface area contributed by atoms with E-state index in [2.05, 4.69) is 21.7 Å². The second kappa shape index (κ2) is 8.84. The molecule has 0 aliphatic rings. The van der Waals surface area contributed by atoms with Gasteiger partial charge in [-0.05, 0) is 54.4 Å². The number of carbonyl (C=O) groups is 1. The largest absolute Gasteiger partial charge is 0.354 e. The normalized spacial score (nSPS) is 10.1. The highest BCUT2D eigenvalue weighted by Gasteiger charge is 2.07. The molecular formula is C21H17ClN4O. The van der Waals surface area contributed by atoms with Crippen molar-refractivity contribution in [1.82, 2.24) is 10.3 Å². The molecule has 2 N–H and O–H groups in total. The summed E-state index contributed by atoms with van der Waals surface area (Å²) in [6, 6.07) is 20.2. The Hall–Kier alpha value is -3.36. The first-order valence-electron chi connectivity index (χ1n) is 8.40. The average Bonchev–Trinajstić information content (AvgIpc) is 2.69. The summed E-state index contributed by atoms with van der Waals surface area (Å²) in [5.41, 5.74) is 3.51. The molecule has 0 aliphatic heterocycles. The predicted octanol–water partition coefficient (Wildman–Crippen LogP) is 4.32. The number of carbonyl (C=O) groups excluding carboxylic acids is 1. The molecule has 27 heavy (non-hydrogen) atoms. The van der Waals surface area contributed by atoms with Gasteiger partial charge in [-0.2, -0.15) is 5.26 Å². The molecule has 3 rings (SSSR count). The lowest BCUT2D eigenvalue weighted by Crippen LogP contribution is -2.26. The van der Waals surface area contributed by atoms with Crippen molar-refractivity contribution in [2.45, 2.75) is 6.42 Å². The maximum atomic E-state index is 12.2. The lowest BCUT2D eigenvalue weighted by Gasteiger charge is -2.08. The molecule has 1 amide bonds. The third-order valence-electron chi connectivity index (χ3n) is 3.86. The minimum absolute atomic E-state index is 0.227. The summed E-state index contributed by atoms with van der Waals surface area (Å²) in [6.07, 6.45) is 2.28. The van der Waals surface area contributed by atoms with E-state index in [1.807, 2.05) is 30.3 Å². The van der Waals surface area contributed by atoms with Gasteiger partial charge in [0, 0.05) is 17.3 Å². The summed E-state index contributed by atoms with van der Waals surface area (Å²) in [4.78, 5) is 16.4. The van der Waals surface area contributed by atoms with Crippen LogP contribution in [0.2, 0.25) is 5.02 Å². The van der Waals surface area contributed by atoms with E-state index < -0.39 is 0 Å². The SMILES string of the molecule is N#Cc1cccc(Nc2ccc(C(=O)NCCc3cccc(Cl)c3)nc2)c1. The lowest BCUT2D eigenvalue weighted by molar-refractivity contribution is 0.0949. The zero-order chi connectivity index (χ0) is 19.1. The fraction of sp³-hybridized carbons (Fsp3) is 0.0952. The molecular weight excluding hydrogens is 360 g/mol. The molecule has 0 atom stereocenters. The van der Waals surface area contributed by atoms with E-state index in [0.717, 1.165) is 16.9 Å². The summed E-state index contributed by atoms with van der Waals surface area (Å²) in [6.45, 7) is 0.502. The highest BCUT2D eigenvalue weighted by atomic mass is 35.5. The lowest BCUT2D eigenvalue weighted by atomic mass is 10.1. The van der Waals surface area contributed by atoms with E-state index in [9.17, 15) is 4.79 Å². The van der Waals surface area contributed by atoms with Crippen LogP contribution in [0.15, 0.2) is 66.9 Å². The summed E-state index contributed by atoms with van der Waals surface area (Å²) in [5, 5.41) is 15.6. The van der Waals surface area contributed by atoms with Crippen LogP contribution in [0.5, 0.6) is 0 Å². The molecule has 0 bridgehead atoms. The van der Waals surface area contributed by atoms with Gasteiger partial charge in [0.15, 0.2) is 0 Å². The van der Waals surface area contributed by atoms with Crippen LogP contribution in [0.3, 0.4) is 0 Å². The number of amides is 1. The number of hydrogen-bond donors (Lipinski definition) is 2. The van der Waals surface area contributed by atoms with E-state index in [1.165, 1.54) is 0 Å². The molecule has 0 saturated carbocycles. The summed E-state index contributed by atoms with van der Waals surface area (Å²) in [7, 11) is 0. The Labute approximate surface area is 162 Å². The molecule has 2 aromatic carbocycles. The van der Waals surface area contributed by atoms with E-state index in [1.54, 1.807) is 36.5 Å². The van der Waals surface area contributed by atoms with Crippen LogP contribution in [0.25, 0.3) is 0 Å². The second-order valence-corrected chi connectivity index (χ2v) is 6.32. The highest BCUT2D eigenvalue weighted by molar-refractivity contribution is 6.30. The smallest absolute Gasteiger partial charge is 0.269 e. The number of benzene rings is 2. The van der Waals surface area contributed by atoms with Crippen LogP contribution >= 0.6 is 11.6 Å². The summed E-state index contributed by atoms with van der Waals surface area (Å²) in [5.74, 6) is -0.227. The van der Waals surface area contributed by atoms with Crippen molar-refractivity contribution in [2.24, 2.45) is 0 Å². The first kappa shape index (κ1) is 18.4. The number of nitrogens with zero attached hydrogens (tertiary/aromatic N) is 2. The monoisotopic (exact) mass is 376 g/mol. The molecule has 3 aromatic rings. The van der Waals surface area contributed by atoms with Gasteiger partial charge in [-0.25, -0.2) is 4.98 Å². The quantitative estimate of drug-likeness (QED) is 0.671. The van der Waals surface area contributed by atoms with Crippen LogP contribution in [-0.2, 0) is 6.42 Å². The van der Waals surface area contributed by atoms with Crippen molar-refractivity contribution >= 4 is 28.9 Å². The van der Waals surface area contributed by atoms with Crippen LogP contribution in [-0.4, -0.2) is 17.4 Å². The Kier molecular flexibility index (Phi) is 6.03. The molecule has 0 fully saturated rings.